The summed E-state index contributed by atoms with van der Waals surface area (Å²) < 4.78 is 6.97. The van der Waals surface area contributed by atoms with E-state index in [1.165, 1.54) is 4.90 Å². The van der Waals surface area contributed by atoms with E-state index in [4.69, 9.17) is 4.74 Å². The molecule has 8 heteroatoms. The Labute approximate surface area is 190 Å². The van der Waals surface area contributed by atoms with Crippen molar-refractivity contribution >= 4 is 29.4 Å². The summed E-state index contributed by atoms with van der Waals surface area (Å²) in [5, 5.41) is 0. The lowest BCUT2D eigenvalue weighted by Crippen LogP contribution is -2.46. The van der Waals surface area contributed by atoms with Gasteiger partial charge in [-0.15, -0.1) is 0 Å². The predicted octanol–water partition coefficient (Wildman–Crippen LogP) is 2.78. The Hall–Kier alpha value is -4.20. The number of amides is 3. The van der Waals surface area contributed by atoms with Crippen LogP contribution in [0.3, 0.4) is 0 Å². The predicted molar refractivity (Wildman–Crippen MR) is 119 cm³/mol. The van der Waals surface area contributed by atoms with Gasteiger partial charge in [0.25, 0.3) is 11.8 Å². The van der Waals surface area contributed by atoms with Gasteiger partial charge >= 0.3 is 11.9 Å². The molecule has 2 aromatic carbocycles. The molecule has 2 aliphatic heterocycles. The largest absolute Gasteiger partial charge is 0.459 e. The highest BCUT2D eigenvalue weighted by Gasteiger charge is 2.42. The third kappa shape index (κ3) is 3.31. The number of esters is 1. The van der Waals surface area contributed by atoms with Crippen LogP contribution in [0.5, 0.6) is 0 Å². The smallest absolute Gasteiger partial charge is 0.397 e. The van der Waals surface area contributed by atoms with Gasteiger partial charge in [-0.2, -0.15) is 0 Å². The second-order valence-electron chi connectivity index (χ2n) is 7.87. The zero-order valence-electron chi connectivity index (χ0n) is 17.9. The van der Waals surface area contributed by atoms with Crippen LogP contribution in [0.4, 0.5) is 5.69 Å². The highest BCUT2D eigenvalue weighted by atomic mass is 16.5. The van der Waals surface area contributed by atoms with E-state index in [1.807, 2.05) is 35.0 Å². The molecule has 5 rings (SSSR count). The van der Waals surface area contributed by atoms with Gasteiger partial charge in [0.1, 0.15) is 0 Å². The van der Waals surface area contributed by atoms with Gasteiger partial charge < -0.3 is 9.30 Å². The molecule has 0 bridgehead atoms. The SMILES string of the molecule is CCOC(=O)C(=O)N1c2ccccc2Cn2cccc2C1CN1C(=O)c2ccccc2C1=O. The minimum atomic E-state index is -0.986. The van der Waals surface area contributed by atoms with Gasteiger partial charge in [-0.05, 0) is 42.8 Å². The first-order valence-corrected chi connectivity index (χ1v) is 10.7. The number of hydrogen-bond donors (Lipinski definition) is 0. The normalized spacial score (nSPS) is 16.7. The average molecular weight is 443 g/mol. The number of hydrogen-bond acceptors (Lipinski definition) is 5. The van der Waals surface area contributed by atoms with Crippen LogP contribution in [0.2, 0.25) is 0 Å². The van der Waals surface area contributed by atoms with Gasteiger partial charge in [0, 0.05) is 18.4 Å². The molecule has 2 aliphatic rings. The van der Waals surface area contributed by atoms with Gasteiger partial charge in [-0.3, -0.25) is 24.2 Å². The highest BCUT2D eigenvalue weighted by Crippen LogP contribution is 2.37. The average Bonchev–Trinajstić information content (AvgIpc) is 3.34. The summed E-state index contributed by atoms with van der Waals surface area (Å²) in [6.07, 6.45) is 1.87. The van der Waals surface area contributed by atoms with Crippen molar-refractivity contribution in [3.05, 3.63) is 89.2 Å². The summed E-state index contributed by atoms with van der Waals surface area (Å²) in [5.74, 6) is -2.68. The zero-order valence-corrected chi connectivity index (χ0v) is 17.9. The van der Waals surface area contributed by atoms with Crippen molar-refractivity contribution in [2.75, 3.05) is 18.1 Å². The minimum Gasteiger partial charge on any atom is -0.459 e. The van der Waals surface area contributed by atoms with Crippen molar-refractivity contribution in [3.63, 3.8) is 0 Å². The van der Waals surface area contributed by atoms with Crippen molar-refractivity contribution in [3.8, 4) is 0 Å². The topological polar surface area (TPSA) is 88.9 Å². The maximum atomic E-state index is 13.4. The Balaban J connectivity index is 1.62. The van der Waals surface area contributed by atoms with Crippen molar-refractivity contribution in [1.29, 1.82) is 0 Å². The molecule has 1 atom stereocenters. The molecule has 8 nitrogen and oxygen atoms in total. The fraction of sp³-hybridized carbons (Fsp3) is 0.200. The lowest BCUT2D eigenvalue weighted by atomic mass is 10.1. The number of carbonyl (C=O) groups excluding carboxylic acids is 4. The van der Waals surface area contributed by atoms with Crippen LogP contribution >= 0.6 is 0 Å². The van der Waals surface area contributed by atoms with Gasteiger partial charge in [-0.25, -0.2) is 4.79 Å². The fourth-order valence-electron chi connectivity index (χ4n) is 4.53. The zero-order chi connectivity index (χ0) is 23.1. The third-order valence-electron chi connectivity index (χ3n) is 6.01. The van der Waals surface area contributed by atoms with Crippen LogP contribution in [0.25, 0.3) is 0 Å². The van der Waals surface area contributed by atoms with Gasteiger partial charge in [0.2, 0.25) is 0 Å². The molecule has 0 aliphatic carbocycles. The Morgan fingerprint density at radius 3 is 2.30 bits per heavy atom. The van der Waals surface area contributed by atoms with E-state index >= 15 is 0 Å². The third-order valence-corrected chi connectivity index (χ3v) is 6.01. The molecule has 0 spiro atoms. The molecule has 3 amide bonds. The molecule has 3 heterocycles. The van der Waals surface area contributed by atoms with Gasteiger partial charge in [-0.1, -0.05) is 30.3 Å². The van der Waals surface area contributed by atoms with E-state index in [-0.39, 0.29) is 13.2 Å². The van der Waals surface area contributed by atoms with Crippen LogP contribution in [-0.4, -0.2) is 46.3 Å². The maximum absolute atomic E-state index is 13.4. The number of imide groups is 1. The van der Waals surface area contributed by atoms with Crippen LogP contribution in [0.15, 0.2) is 66.9 Å². The molecule has 0 saturated carbocycles. The van der Waals surface area contributed by atoms with E-state index in [0.29, 0.717) is 29.1 Å². The summed E-state index contributed by atoms with van der Waals surface area (Å²) in [5.41, 5.74) is 2.74. The fourth-order valence-corrected chi connectivity index (χ4v) is 4.53. The van der Waals surface area contributed by atoms with Crippen LogP contribution in [0, 0.1) is 0 Å². The summed E-state index contributed by atoms with van der Waals surface area (Å²) >= 11 is 0. The number of fused-ring (bicyclic) bond motifs is 3. The molecular weight excluding hydrogens is 422 g/mol. The molecule has 0 saturated heterocycles. The van der Waals surface area contributed by atoms with Crippen molar-refractivity contribution in [2.24, 2.45) is 0 Å². The number of nitrogens with zero attached hydrogens (tertiary/aromatic N) is 3. The minimum absolute atomic E-state index is 0.0551. The number of rotatable bonds is 3. The lowest BCUT2D eigenvalue weighted by molar-refractivity contribution is -0.153. The number of ether oxygens (including phenoxy) is 1. The first-order chi connectivity index (χ1) is 16.0. The molecule has 0 N–H and O–H groups in total. The molecular formula is C25H21N3O5. The molecule has 1 aromatic heterocycles. The highest BCUT2D eigenvalue weighted by molar-refractivity contribution is 6.38. The Bertz CT molecular complexity index is 1260. The van der Waals surface area contributed by atoms with Gasteiger partial charge in [0.15, 0.2) is 0 Å². The molecule has 1 unspecified atom stereocenters. The van der Waals surface area contributed by atoms with E-state index in [9.17, 15) is 19.2 Å². The maximum Gasteiger partial charge on any atom is 0.397 e. The van der Waals surface area contributed by atoms with Crippen molar-refractivity contribution < 1.29 is 23.9 Å². The molecule has 0 radical (unpaired) electrons. The number of aromatic nitrogens is 1. The van der Waals surface area contributed by atoms with E-state index in [2.05, 4.69) is 0 Å². The second kappa shape index (κ2) is 8.05. The quantitative estimate of drug-likeness (QED) is 0.353. The van der Waals surface area contributed by atoms with Gasteiger partial charge in [0.05, 0.1) is 36.0 Å². The Morgan fingerprint density at radius 1 is 0.939 bits per heavy atom. The first kappa shape index (κ1) is 20.7. The van der Waals surface area contributed by atoms with Crippen LogP contribution in [0.1, 0.15) is 44.9 Å². The molecule has 0 fully saturated rings. The Kier molecular flexibility index (Phi) is 5.05. The first-order valence-electron chi connectivity index (χ1n) is 10.7. The van der Waals surface area contributed by atoms with E-state index in [0.717, 1.165) is 10.5 Å². The van der Waals surface area contributed by atoms with Crippen molar-refractivity contribution in [2.45, 2.75) is 19.5 Å². The molecule has 33 heavy (non-hydrogen) atoms. The lowest BCUT2D eigenvalue weighted by Gasteiger charge is -2.32. The van der Waals surface area contributed by atoms with Crippen LogP contribution in [-0.2, 0) is 20.9 Å². The van der Waals surface area contributed by atoms with Crippen molar-refractivity contribution in [1.82, 2.24) is 9.47 Å². The summed E-state index contributed by atoms with van der Waals surface area (Å²) in [7, 11) is 0. The number of benzene rings is 2. The number of carbonyl (C=O) groups is 4. The molecule has 166 valence electrons. The summed E-state index contributed by atoms with van der Waals surface area (Å²) in [4.78, 5) is 54.6. The van der Waals surface area contributed by atoms with E-state index < -0.39 is 29.7 Å². The molecule has 3 aromatic rings. The standard InChI is InChI=1S/C25H21N3O5/c1-2-33-25(32)24(31)28-19-11-6-3-8-16(19)14-26-13-7-12-20(26)21(28)15-27-22(29)17-9-4-5-10-18(17)23(27)30/h3-13,21H,2,14-15H2,1H3. The summed E-state index contributed by atoms with van der Waals surface area (Å²) in [6, 6.07) is 16.8. The summed E-state index contributed by atoms with van der Waals surface area (Å²) in [6.45, 7) is 2.06. The number of anilines is 1. The van der Waals surface area contributed by atoms with Crippen LogP contribution < -0.4 is 4.90 Å². The second-order valence-corrected chi connectivity index (χ2v) is 7.87. The Morgan fingerprint density at radius 2 is 1.61 bits per heavy atom. The van der Waals surface area contributed by atoms with E-state index in [1.54, 1.807) is 43.3 Å². The number of para-hydroxylation sites is 1. The monoisotopic (exact) mass is 443 g/mol.